The van der Waals surface area contributed by atoms with E-state index in [9.17, 15) is 4.79 Å². The largest absolute Gasteiger partial charge is 0.299 e. The van der Waals surface area contributed by atoms with E-state index in [1.165, 1.54) is 12.8 Å². The van der Waals surface area contributed by atoms with Gasteiger partial charge in [-0.05, 0) is 37.5 Å². The molecule has 2 fully saturated rings. The van der Waals surface area contributed by atoms with Crippen LogP contribution in [0, 0.1) is 23.7 Å². The SMILES string of the molecule is CC1C[C@H](C)CC(C(=O)C2CCC2)C1Cl. The highest BCUT2D eigenvalue weighted by atomic mass is 35.5. The lowest BCUT2D eigenvalue weighted by atomic mass is 9.69. The molecule has 0 aliphatic heterocycles. The molecule has 0 heterocycles. The summed E-state index contributed by atoms with van der Waals surface area (Å²) >= 11 is 6.40. The molecule has 3 unspecified atom stereocenters. The maximum Gasteiger partial charge on any atom is 0.140 e. The monoisotopic (exact) mass is 228 g/mol. The van der Waals surface area contributed by atoms with E-state index in [-0.39, 0.29) is 11.3 Å². The Labute approximate surface area is 97.6 Å². The van der Waals surface area contributed by atoms with Crippen LogP contribution >= 0.6 is 11.6 Å². The first-order chi connectivity index (χ1) is 7.09. The van der Waals surface area contributed by atoms with E-state index < -0.39 is 0 Å². The highest BCUT2D eigenvalue weighted by Crippen LogP contribution is 2.41. The van der Waals surface area contributed by atoms with Gasteiger partial charge in [0.05, 0.1) is 0 Å². The molecular formula is C13H21ClO. The highest BCUT2D eigenvalue weighted by Gasteiger charge is 2.40. The van der Waals surface area contributed by atoms with Gasteiger partial charge in [0.2, 0.25) is 0 Å². The molecule has 1 nitrogen and oxygen atoms in total. The average molecular weight is 229 g/mol. The number of halogens is 1. The molecule has 0 spiro atoms. The molecule has 0 aromatic rings. The minimum atomic E-state index is 0.0919. The Morgan fingerprint density at radius 3 is 2.40 bits per heavy atom. The van der Waals surface area contributed by atoms with Crippen LogP contribution in [0.3, 0.4) is 0 Å². The van der Waals surface area contributed by atoms with E-state index in [1.807, 2.05) is 0 Å². The predicted molar refractivity (Wildman–Crippen MR) is 63.0 cm³/mol. The second kappa shape index (κ2) is 4.45. The van der Waals surface area contributed by atoms with Crippen molar-refractivity contribution in [2.45, 2.75) is 51.3 Å². The van der Waals surface area contributed by atoms with Crippen LogP contribution in [0.25, 0.3) is 0 Å². The number of hydrogen-bond donors (Lipinski definition) is 0. The van der Waals surface area contributed by atoms with Crippen molar-refractivity contribution in [3.8, 4) is 0 Å². The highest BCUT2D eigenvalue weighted by molar-refractivity contribution is 6.22. The number of Topliss-reactive ketones (excluding diaryl/α,β-unsaturated/α-hetero) is 1. The normalized spacial score (nSPS) is 42.3. The van der Waals surface area contributed by atoms with Crippen molar-refractivity contribution in [1.29, 1.82) is 0 Å². The summed E-state index contributed by atoms with van der Waals surface area (Å²) in [7, 11) is 0. The molecule has 2 saturated carbocycles. The summed E-state index contributed by atoms with van der Waals surface area (Å²) in [6, 6.07) is 0. The van der Waals surface area contributed by atoms with Crippen LogP contribution in [0.4, 0.5) is 0 Å². The van der Waals surface area contributed by atoms with Crippen LogP contribution in [0.5, 0.6) is 0 Å². The van der Waals surface area contributed by atoms with Crippen molar-refractivity contribution in [3.05, 3.63) is 0 Å². The molecule has 2 aliphatic rings. The van der Waals surface area contributed by atoms with Gasteiger partial charge in [-0.1, -0.05) is 20.3 Å². The number of hydrogen-bond acceptors (Lipinski definition) is 1. The Morgan fingerprint density at radius 1 is 1.20 bits per heavy atom. The standard InChI is InChI=1S/C13H21ClO/c1-8-6-9(2)12(14)11(7-8)13(15)10-4-3-5-10/h8-12H,3-7H2,1-2H3/t8-,9?,11?,12?/m0/s1. The molecule has 0 bridgehead atoms. The summed E-state index contributed by atoms with van der Waals surface area (Å²) in [5.74, 6) is 2.15. The fourth-order valence-corrected chi connectivity index (χ4v) is 3.42. The zero-order valence-corrected chi connectivity index (χ0v) is 10.5. The Hall–Kier alpha value is -0.0400. The third-order valence-electron chi connectivity index (χ3n) is 4.23. The van der Waals surface area contributed by atoms with Crippen LogP contribution in [0.15, 0.2) is 0 Å². The molecule has 0 amide bonds. The van der Waals surface area contributed by atoms with Crippen molar-refractivity contribution < 1.29 is 4.79 Å². The predicted octanol–water partition coefficient (Wildman–Crippen LogP) is 3.65. The molecule has 0 saturated heterocycles. The Bertz CT molecular complexity index is 247. The first kappa shape index (κ1) is 11.4. The Balaban J connectivity index is 2.02. The van der Waals surface area contributed by atoms with Gasteiger partial charge >= 0.3 is 0 Å². The molecule has 2 rings (SSSR count). The Morgan fingerprint density at radius 2 is 1.87 bits per heavy atom. The zero-order valence-electron chi connectivity index (χ0n) is 9.71. The van der Waals surface area contributed by atoms with E-state index in [1.54, 1.807) is 0 Å². The van der Waals surface area contributed by atoms with Gasteiger partial charge in [-0.25, -0.2) is 0 Å². The number of rotatable bonds is 2. The lowest BCUT2D eigenvalue weighted by Gasteiger charge is -2.38. The summed E-state index contributed by atoms with van der Waals surface area (Å²) < 4.78 is 0. The topological polar surface area (TPSA) is 17.1 Å². The van der Waals surface area contributed by atoms with Crippen molar-refractivity contribution >= 4 is 17.4 Å². The second-order valence-electron chi connectivity index (χ2n) is 5.63. The maximum atomic E-state index is 12.2. The van der Waals surface area contributed by atoms with Crippen LogP contribution in [0.1, 0.15) is 46.0 Å². The second-order valence-corrected chi connectivity index (χ2v) is 6.14. The minimum absolute atomic E-state index is 0.0919. The fraction of sp³-hybridized carbons (Fsp3) is 0.923. The fourth-order valence-electron chi connectivity index (χ4n) is 3.09. The maximum absolute atomic E-state index is 12.2. The molecule has 4 atom stereocenters. The molecule has 86 valence electrons. The first-order valence-corrected chi connectivity index (χ1v) is 6.71. The minimum Gasteiger partial charge on any atom is -0.299 e. The van der Waals surface area contributed by atoms with Crippen LogP contribution < -0.4 is 0 Å². The summed E-state index contributed by atoms with van der Waals surface area (Å²) in [6.07, 6.45) is 5.67. The van der Waals surface area contributed by atoms with Gasteiger partial charge < -0.3 is 0 Å². The van der Waals surface area contributed by atoms with Crippen molar-refractivity contribution in [1.82, 2.24) is 0 Å². The molecule has 0 N–H and O–H groups in total. The van der Waals surface area contributed by atoms with Crippen molar-refractivity contribution in [3.63, 3.8) is 0 Å². The molecule has 0 aromatic carbocycles. The number of carbonyl (C=O) groups excluding carboxylic acids is 1. The van der Waals surface area contributed by atoms with Gasteiger partial charge in [0.15, 0.2) is 0 Å². The van der Waals surface area contributed by atoms with Gasteiger partial charge in [-0.2, -0.15) is 0 Å². The molecule has 0 radical (unpaired) electrons. The van der Waals surface area contributed by atoms with Crippen molar-refractivity contribution in [2.24, 2.45) is 23.7 Å². The lowest BCUT2D eigenvalue weighted by molar-refractivity contribution is -0.131. The van der Waals surface area contributed by atoms with Gasteiger partial charge in [0.1, 0.15) is 5.78 Å². The number of alkyl halides is 1. The van der Waals surface area contributed by atoms with Gasteiger partial charge in [0, 0.05) is 17.2 Å². The van der Waals surface area contributed by atoms with E-state index in [0.717, 1.165) is 19.3 Å². The lowest BCUT2D eigenvalue weighted by Crippen LogP contribution is -2.40. The molecule has 2 heteroatoms. The van der Waals surface area contributed by atoms with Gasteiger partial charge in [-0.15, -0.1) is 11.6 Å². The van der Waals surface area contributed by atoms with E-state index >= 15 is 0 Å². The quantitative estimate of drug-likeness (QED) is 0.660. The van der Waals surface area contributed by atoms with Gasteiger partial charge in [-0.3, -0.25) is 4.79 Å². The summed E-state index contributed by atoms with van der Waals surface area (Å²) in [5, 5.41) is 0.0919. The van der Waals surface area contributed by atoms with Crippen LogP contribution in [0.2, 0.25) is 0 Å². The van der Waals surface area contributed by atoms with Gasteiger partial charge in [0.25, 0.3) is 0 Å². The number of carbonyl (C=O) groups is 1. The van der Waals surface area contributed by atoms with E-state index in [2.05, 4.69) is 13.8 Å². The molecule has 0 aromatic heterocycles. The summed E-state index contributed by atoms with van der Waals surface area (Å²) in [4.78, 5) is 12.2. The third-order valence-corrected chi connectivity index (χ3v) is 4.97. The summed E-state index contributed by atoms with van der Waals surface area (Å²) in [6.45, 7) is 4.44. The number of ketones is 1. The first-order valence-electron chi connectivity index (χ1n) is 6.27. The average Bonchev–Trinajstić information content (AvgIpc) is 2.08. The summed E-state index contributed by atoms with van der Waals surface area (Å²) in [5.41, 5.74) is 0. The van der Waals surface area contributed by atoms with Crippen LogP contribution in [-0.4, -0.2) is 11.2 Å². The molecule has 15 heavy (non-hydrogen) atoms. The smallest absolute Gasteiger partial charge is 0.140 e. The Kier molecular flexibility index (Phi) is 3.39. The molecule has 2 aliphatic carbocycles. The zero-order chi connectivity index (χ0) is 11.0. The van der Waals surface area contributed by atoms with Crippen molar-refractivity contribution in [2.75, 3.05) is 0 Å². The third kappa shape index (κ3) is 2.22. The van der Waals surface area contributed by atoms with E-state index in [0.29, 0.717) is 23.5 Å². The van der Waals surface area contributed by atoms with E-state index in [4.69, 9.17) is 11.6 Å². The van der Waals surface area contributed by atoms with Crippen LogP contribution in [-0.2, 0) is 4.79 Å². The molecular weight excluding hydrogens is 208 g/mol.